The lowest BCUT2D eigenvalue weighted by molar-refractivity contribution is -0.147. The van der Waals surface area contributed by atoms with E-state index >= 15 is 0 Å². The molecule has 122 valence electrons. The van der Waals surface area contributed by atoms with Crippen molar-refractivity contribution in [3.05, 3.63) is 23.8 Å². The van der Waals surface area contributed by atoms with E-state index < -0.39 is 12.0 Å². The number of amides is 1. The average Bonchev–Trinajstić information content (AvgIpc) is 2.49. The van der Waals surface area contributed by atoms with Gasteiger partial charge >= 0.3 is 5.97 Å². The average molecular weight is 309 g/mol. The van der Waals surface area contributed by atoms with Crippen molar-refractivity contribution in [3.63, 3.8) is 0 Å². The third-order valence-electron chi connectivity index (χ3n) is 3.43. The lowest BCUT2D eigenvalue weighted by atomic mass is 10.0. The summed E-state index contributed by atoms with van der Waals surface area (Å²) < 4.78 is 4.98. The quantitative estimate of drug-likeness (QED) is 0.526. The van der Waals surface area contributed by atoms with Gasteiger partial charge in [0, 0.05) is 12.3 Å². The Hall–Kier alpha value is -2.24. The molecule has 1 amide bonds. The number of carbonyl (C=O) groups excluding carboxylic acids is 2. The van der Waals surface area contributed by atoms with Crippen LogP contribution in [0.3, 0.4) is 0 Å². The van der Waals surface area contributed by atoms with Crippen LogP contribution in [0.5, 0.6) is 11.5 Å². The molecule has 0 bridgehead atoms. The molecule has 6 heteroatoms. The predicted octanol–water partition coefficient (Wildman–Crippen LogP) is 1.73. The smallest absolute Gasteiger partial charge is 0.328 e. The second-order valence-electron chi connectivity index (χ2n) is 5.15. The maximum atomic E-state index is 12.0. The summed E-state index contributed by atoms with van der Waals surface area (Å²) in [5, 5.41) is 21.5. The molecule has 0 saturated carbocycles. The number of ether oxygens (including phenoxy) is 1. The normalized spacial score (nSPS) is 13.2. The van der Waals surface area contributed by atoms with Gasteiger partial charge in [-0.1, -0.05) is 19.9 Å². The number of carbonyl (C=O) groups is 2. The molecular formula is C16H23NO5. The minimum atomic E-state index is -0.828. The minimum Gasteiger partial charge on any atom is -0.504 e. The maximum Gasteiger partial charge on any atom is 0.328 e. The first kappa shape index (κ1) is 17.8. The Bertz CT molecular complexity index is 529. The van der Waals surface area contributed by atoms with E-state index in [0.717, 1.165) is 0 Å². The van der Waals surface area contributed by atoms with E-state index in [4.69, 9.17) is 4.74 Å². The standard InChI is InChI=1S/C16H23NO5/c1-4-10(3)15(20)17-12(16(21)22-5-2)8-11-6-7-13(18)14(19)9-11/h6-7,9-10,12,18-19H,4-5,8H2,1-3H3,(H,17,20). The van der Waals surface area contributed by atoms with Crippen molar-refractivity contribution >= 4 is 11.9 Å². The van der Waals surface area contributed by atoms with Crippen LogP contribution >= 0.6 is 0 Å². The van der Waals surface area contributed by atoms with E-state index in [1.54, 1.807) is 19.9 Å². The first-order valence-electron chi connectivity index (χ1n) is 7.36. The lowest BCUT2D eigenvalue weighted by Crippen LogP contribution is -2.45. The van der Waals surface area contributed by atoms with Gasteiger partial charge in [-0.25, -0.2) is 4.79 Å². The molecule has 0 saturated heterocycles. The molecule has 0 fully saturated rings. The molecule has 3 N–H and O–H groups in total. The second kappa shape index (κ2) is 8.26. The molecule has 0 aromatic heterocycles. The van der Waals surface area contributed by atoms with Crippen LogP contribution in [0.4, 0.5) is 0 Å². The van der Waals surface area contributed by atoms with Crippen LogP contribution in [-0.2, 0) is 20.7 Å². The molecule has 0 heterocycles. The fourth-order valence-electron chi connectivity index (χ4n) is 1.87. The van der Waals surface area contributed by atoms with Crippen LogP contribution in [0.1, 0.15) is 32.8 Å². The number of phenols is 2. The van der Waals surface area contributed by atoms with Crippen LogP contribution in [0.25, 0.3) is 0 Å². The molecule has 1 aromatic carbocycles. The number of esters is 1. The maximum absolute atomic E-state index is 12.0. The van der Waals surface area contributed by atoms with Crippen LogP contribution in [-0.4, -0.2) is 34.7 Å². The highest BCUT2D eigenvalue weighted by atomic mass is 16.5. The Kier molecular flexibility index (Phi) is 6.69. The summed E-state index contributed by atoms with van der Waals surface area (Å²) in [6.07, 6.45) is 0.843. The van der Waals surface area contributed by atoms with E-state index in [2.05, 4.69) is 5.32 Å². The summed E-state index contributed by atoms with van der Waals surface area (Å²) in [7, 11) is 0. The van der Waals surface area contributed by atoms with E-state index in [1.807, 2.05) is 6.92 Å². The fourth-order valence-corrected chi connectivity index (χ4v) is 1.87. The second-order valence-corrected chi connectivity index (χ2v) is 5.15. The van der Waals surface area contributed by atoms with Gasteiger partial charge in [-0.05, 0) is 31.0 Å². The van der Waals surface area contributed by atoms with Crippen molar-refractivity contribution in [2.75, 3.05) is 6.61 Å². The van der Waals surface area contributed by atoms with Gasteiger partial charge < -0.3 is 20.3 Å². The largest absolute Gasteiger partial charge is 0.504 e. The Morgan fingerprint density at radius 1 is 1.23 bits per heavy atom. The van der Waals surface area contributed by atoms with Gasteiger partial charge in [-0.3, -0.25) is 4.79 Å². The molecule has 1 aromatic rings. The van der Waals surface area contributed by atoms with Gasteiger partial charge in [0.2, 0.25) is 5.91 Å². The molecule has 1 rings (SSSR count). The molecule has 0 aliphatic heterocycles. The van der Waals surface area contributed by atoms with E-state index in [1.165, 1.54) is 12.1 Å². The van der Waals surface area contributed by atoms with Gasteiger partial charge in [0.15, 0.2) is 11.5 Å². The zero-order valence-corrected chi connectivity index (χ0v) is 13.1. The first-order chi connectivity index (χ1) is 10.4. The highest BCUT2D eigenvalue weighted by Gasteiger charge is 2.24. The molecule has 2 atom stereocenters. The third-order valence-corrected chi connectivity index (χ3v) is 3.43. The Balaban J connectivity index is 2.87. The molecule has 6 nitrogen and oxygen atoms in total. The van der Waals surface area contributed by atoms with Crippen molar-refractivity contribution in [3.8, 4) is 11.5 Å². The molecule has 0 aliphatic rings. The zero-order valence-electron chi connectivity index (χ0n) is 13.1. The van der Waals surface area contributed by atoms with Gasteiger partial charge in [-0.2, -0.15) is 0 Å². The van der Waals surface area contributed by atoms with E-state index in [9.17, 15) is 19.8 Å². The predicted molar refractivity (Wildman–Crippen MR) is 81.5 cm³/mol. The van der Waals surface area contributed by atoms with E-state index in [0.29, 0.717) is 12.0 Å². The summed E-state index contributed by atoms with van der Waals surface area (Å²) in [5.74, 6) is -1.45. The highest BCUT2D eigenvalue weighted by molar-refractivity contribution is 5.85. The molecule has 0 spiro atoms. The highest BCUT2D eigenvalue weighted by Crippen LogP contribution is 2.25. The fraction of sp³-hybridized carbons (Fsp3) is 0.500. The monoisotopic (exact) mass is 309 g/mol. The van der Waals surface area contributed by atoms with Crippen molar-refractivity contribution in [1.82, 2.24) is 5.32 Å². The number of hydrogen-bond donors (Lipinski definition) is 3. The number of hydrogen-bond acceptors (Lipinski definition) is 5. The van der Waals surface area contributed by atoms with Gasteiger partial charge in [0.05, 0.1) is 6.61 Å². The summed E-state index contributed by atoms with van der Waals surface area (Å²) in [5.41, 5.74) is 0.609. The summed E-state index contributed by atoms with van der Waals surface area (Å²) >= 11 is 0. The molecule has 0 radical (unpaired) electrons. The van der Waals surface area contributed by atoms with Crippen molar-refractivity contribution in [2.45, 2.75) is 39.7 Å². The minimum absolute atomic E-state index is 0.175. The number of phenolic OH excluding ortho intramolecular Hbond substituents is 2. The van der Waals surface area contributed by atoms with Crippen molar-refractivity contribution < 1.29 is 24.5 Å². The number of rotatable bonds is 7. The zero-order chi connectivity index (χ0) is 16.7. The van der Waals surface area contributed by atoms with Crippen molar-refractivity contribution in [2.24, 2.45) is 5.92 Å². The van der Waals surface area contributed by atoms with Crippen LogP contribution in [0.15, 0.2) is 18.2 Å². The van der Waals surface area contributed by atoms with Gasteiger partial charge in [0.25, 0.3) is 0 Å². The molecule has 2 unspecified atom stereocenters. The first-order valence-corrected chi connectivity index (χ1v) is 7.36. The topological polar surface area (TPSA) is 95.9 Å². The van der Waals surface area contributed by atoms with E-state index in [-0.39, 0.29) is 36.4 Å². The van der Waals surface area contributed by atoms with Crippen LogP contribution < -0.4 is 5.32 Å². The Morgan fingerprint density at radius 3 is 2.45 bits per heavy atom. The molecule has 0 aliphatic carbocycles. The Morgan fingerprint density at radius 2 is 1.91 bits per heavy atom. The summed E-state index contributed by atoms with van der Waals surface area (Å²) in [4.78, 5) is 24.0. The van der Waals surface area contributed by atoms with Crippen LogP contribution in [0, 0.1) is 5.92 Å². The summed E-state index contributed by atoms with van der Waals surface area (Å²) in [6.45, 7) is 5.58. The lowest BCUT2D eigenvalue weighted by Gasteiger charge is -2.19. The Labute approximate surface area is 130 Å². The van der Waals surface area contributed by atoms with Gasteiger partial charge in [0.1, 0.15) is 6.04 Å². The SMILES string of the molecule is CCOC(=O)C(Cc1ccc(O)c(O)c1)NC(=O)C(C)CC. The number of aromatic hydroxyl groups is 2. The number of nitrogens with one attached hydrogen (secondary N) is 1. The number of benzene rings is 1. The van der Waals surface area contributed by atoms with Gasteiger partial charge in [-0.15, -0.1) is 0 Å². The van der Waals surface area contributed by atoms with Crippen LogP contribution in [0.2, 0.25) is 0 Å². The third kappa shape index (κ3) is 4.95. The summed E-state index contributed by atoms with van der Waals surface area (Å²) in [6, 6.07) is 3.45. The molecule has 22 heavy (non-hydrogen) atoms. The molecular weight excluding hydrogens is 286 g/mol. The van der Waals surface area contributed by atoms with Crippen molar-refractivity contribution in [1.29, 1.82) is 0 Å².